The van der Waals surface area contributed by atoms with E-state index in [9.17, 15) is 9.59 Å². The van der Waals surface area contributed by atoms with E-state index in [1.54, 1.807) is 31.2 Å². The summed E-state index contributed by atoms with van der Waals surface area (Å²) < 4.78 is 0. The molecule has 0 fully saturated rings. The average molecular weight is 445 g/mol. The van der Waals surface area contributed by atoms with Crippen molar-refractivity contribution in [2.75, 3.05) is 11.1 Å². The lowest BCUT2D eigenvalue weighted by atomic mass is 10.1. The van der Waals surface area contributed by atoms with E-state index in [4.69, 9.17) is 34.0 Å². The van der Waals surface area contributed by atoms with Crippen molar-refractivity contribution in [3.63, 3.8) is 0 Å². The summed E-state index contributed by atoms with van der Waals surface area (Å²) in [6, 6.07) is 17.3. The molecule has 0 atom stereocenters. The highest BCUT2D eigenvalue weighted by atomic mass is 35.5. The van der Waals surface area contributed by atoms with Crippen LogP contribution < -0.4 is 11.1 Å². The van der Waals surface area contributed by atoms with Gasteiger partial charge in [-0.15, -0.1) is 0 Å². The van der Waals surface area contributed by atoms with Crippen LogP contribution in [-0.2, 0) is 11.2 Å². The molecule has 0 bridgehead atoms. The Hall–Kier alpha value is -3.02. The van der Waals surface area contributed by atoms with Gasteiger partial charge in [-0.05, 0) is 55.8 Å². The summed E-state index contributed by atoms with van der Waals surface area (Å²) in [6.07, 6.45) is 0.380. The summed E-state index contributed by atoms with van der Waals surface area (Å²) in [5, 5.41) is 13.4. The van der Waals surface area contributed by atoms with Crippen LogP contribution in [0.4, 0.5) is 17.1 Å². The van der Waals surface area contributed by atoms with E-state index in [1.165, 1.54) is 19.1 Å². The van der Waals surface area contributed by atoms with Gasteiger partial charge in [0.25, 0.3) is 0 Å². The molecule has 0 spiro atoms. The SMILES string of the molecule is CC(=O)Cc1ccccc1Nc1c(Cl)cccc1Cl.CC(=O)c1cc(N)ccc1O. The number of ketones is 2. The molecule has 3 rings (SSSR count). The van der Waals surface area contributed by atoms with Gasteiger partial charge < -0.3 is 16.2 Å². The van der Waals surface area contributed by atoms with Gasteiger partial charge >= 0.3 is 0 Å². The van der Waals surface area contributed by atoms with Crippen molar-refractivity contribution in [3.05, 3.63) is 81.8 Å². The second-order valence-electron chi connectivity index (χ2n) is 6.59. The van der Waals surface area contributed by atoms with E-state index in [0.29, 0.717) is 27.8 Å². The van der Waals surface area contributed by atoms with Crippen LogP contribution in [0.5, 0.6) is 5.75 Å². The third-order valence-corrected chi connectivity index (χ3v) is 4.71. The number of nitrogens with two attached hydrogens (primary N) is 1. The van der Waals surface area contributed by atoms with Gasteiger partial charge in [0.15, 0.2) is 5.78 Å². The van der Waals surface area contributed by atoms with Gasteiger partial charge in [-0.2, -0.15) is 0 Å². The van der Waals surface area contributed by atoms with E-state index in [-0.39, 0.29) is 22.9 Å². The number of nitrogens with one attached hydrogen (secondary N) is 1. The number of rotatable bonds is 5. The number of hydrogen-bond donors (Lipinski definition) is 3. The van der Waals surface area contributed by atoms with Crippen LogP contribution in [0.25, 0.3) is 0 Å². The average Bonchev–Trinajstić information content (AvgIpc) is 2.68. The highest BCUT2D eigenvalue weighted by molar-refractivity contribution is 6.39. The maximum Gasteiger partial charge on any atom is 0.163 e. The molecule has 0 aromatic heterocycles. The van der Waals surface area contributed by atoms with Crippen LogP contribution in [0, 0.1) is 0 Å². The maximum absolute atomic E-state index is 11.3. The third kappa shape index (κ3) is 6.51. The zero-order valence-corrected chi connectivity index (χ0v) is 18.1. The Bertz CT molecular complexity index is 1050. The highest BCUT2D eigenvalue weighted by Gasteiger charge is 2.09. The summed E-state index contributed by atoms with van der Waals surface area (Å²) in [5.74, 6) is -0.0963. The van der Waals surface area contributed by atoms with E-state index >= 15 is 0 Å². The Morgan fingerprint density at radius 1 is 0.967 bits per heavy atom. The van der Waals surface area contributed by atoms with Crippen LogP contribution in [-0.4, -0.2) is 16.7 Å². The Balaban J connectivity index is 0.000000248. The van der Waals surface area contributed by atoms with Gasteiger partial charge in [0.1, 0.15) is 11.5 Å². The lowest BCUT2D eigenvalue weighted by Crippen LogP contribution is -2.01. The predicted octanol–water partition coefficient (Wildman–Crippen LogP) is 6.05. The Kier molecular flexibility index (Phi) is 8.27. The minimum absolute atomic E-state index is 0.0216. The molecule has 3 aromatic carbocycles. The summed E-state index contributed by atoms with van der Waals surface area (Å²) >= 11 is 12.2. The molecule has 0 aliphatic rings. The fourth-order valence-corrected chi connectivity index (χ4v) is 3.14. The fraction of sp³-hybridized carbons (Fsp3) is 0.130. The smallest absolute Gasteiger partial charge is 0.163 e. The van der Waals surface area contributed by atoms with Gasteiger partial charge in [0.2, 0.25) is 0 Å². The van der Waals surface area contributed by atoms with Crippen molar-refractivity contribution in [1.29, 1.82) is 0 Å². The molecule has 156 valence electrons. The van der Waals surface area contributed by atoms with E-state index in [0.717, 1.165) is 11.3 Å². The molecular formula is C23H22Cl2N2O3. The molecule has 0 heterocycles. The number of halogens is 2. The largest absolute Gasteiger partial charge is 0.507 e. The molecule has 30 heavy (non-hydrogen) atoms. The lowest BCUT2D eigenvalue weighted by molar-refractivity contribution is -0.116. The van der Waals surface area contributed by atoms with Gasteiger partial charge in [0, 0.05) is 17.8 Å². The molecule has 7 heteroatoms. The maximum atomic E-state index is 11.3. The second-order valence-corrected chi connectivity index (χ2v) is 7.40. The molecule has 3 aromatic rings. The summed E-state index contributed by atoms with van der Waals surface area (Å²) in [4.78, 5) is 22.1. The second kappa shape index (κ2) is 10.7. The van der Waals surface area contributed by atoms with Gasteiger partial charge in [-0.25, -0.2) is 0 Å². The normalized spacial score (nSPS) is 10.0. The number of nitrogen functional groups attached to an aromatic ring is 1. The van der Waals surface area contributed by atoms with E-state index < -0.39 is 0 Å². The van der Waals surface area contributed by atoms with Gasteiger partial charge in [-0.3, -0.25) is 9.59 Å². The molecule has 0 unspecified atom stereocenters. The number of phenols is 1. The highest BCUT2D eigenvalue weighted by Crippen LogP contribution is 2.33. The fourth-order valence-electron chi connectivity index (χ4n) is 2.65. The molecule has 0 radical (unpaired) electrons. The minimum Gasteiger partial charge on any atom is -0.507 e. The van der Waals surface area contributed by atoms with Crippen molar-refractivity contribution in [2.45, 2.75) is 20.3 Å². The standard InChI is InChI=1S/C15H13Cl2NO.C8H9NO2/c1-10(19)9-11-5-2-3-8-14(11)18-15-12(16)6-4-7-13(15)17;1-5(10)7-4-6(9)2-3-8(7)11/h2-8,18H,9H2,1H3;2-4,11H,9H2,1H3. The van der Waals surface area contributed by atoms with E-state index in [2.05, 4.69) is 5.32 Å². The summed E-state index contributed by atoms with van der Waals surface area (Å²) in [5.41, 5.74) is 8.57. The molecule has 0 saturated carbocycles. The van der Waals surface area contributed by atoms with Crippen molar-refractivity contribution in [1.82, 2.24) is 0 Å². The van der Waals surface area contributed by atoms with Crippen LogP contribution in [0.2, 0.25) is 10.0 Å². The number of carbonyl (C=O) groups is 2. The first kappa shape index (κ1) is 23.3. The van der Waals surface area contributed by atoms with Crippen molar-refractivity contribution >= 4 is 51.8 Å². The number of benzene rings is 3. The number of aromatic hydroxyl groups is 1. The first-order chi connectivity index (χ1) is 14.2. The third-order valence-electron chi connectivity index (χ3n) is 4.08. The summed E-state index contributed by atoms with van der Waals surface area (Å²) in [7, 11) is 0. The van der Waals surface area contributed by atoms with Crippen molar-refractivity contribution in [3.8, 4) is 5.75 Å². The first-order valence-electron chi connectivity index (χ1n) is 9.07. The predicted molar refractivity (Wildman–Crippen MR) is 123 cm³/mol. The molecule has 0 amide bonds. The number of hydrogen-bond acceptors (Lipinski definition) is 5. The number of carbonyl (C=O) groups excluding carboxylic acids is 2. The van der Waals surface area contributed by atoms with Crippen molar-refractivity contribution < 1.29 is 14.7 Å². The van der Waals surface area contributed by atoms with Gasteiger partial charge in [0.05, 0.1) is 21.3 Å². The van der Waals surface area contributed by atoms with Gasteiger partial charge in [-0.1, -0.05) is 47.5 Å². The quantitative estimate of drug-likeness (QED) is 0.253. The number of phenolic OH excluding ortho intramolecular Hbond substituents is 1. The first-order valence-corrected chi connectivity index (χ1v) is 9.82. The molecular weight excluding hydrogens is 423 g/mol. The Labute approximate surface area is 185 Å². The lowest BCUT2D eigenvalue weighted by Gasteiger charge is -2.13. The Morgan fingerprint density at radius 2 is 1.60 bits per heavy atom. The zero-order valence-electron chi connectivity index (χ0n) is 16.6. The topological polar surface area (TPSA) is 92.4 Å². The van der Waals surface area contributed by atoms with Crippen LogP contribution in [0.3, 0.4) is 0 Å². The number of Topliss-reactive ketones (excluding diaryl/α,β-unsaturated/α-hetero) is 2. The molecule has 5 nitrogen and oxygen atoms in total. The minimum atomic E-state index is -0.185. The molecule has 0 aliphatic carbocycles. The zero-order chi connectivity index (χ0) is 22.3. The van der Waals surface area contributed by atoms with Crippen molar-refractivity contribution in [2.24, 2.45) is 0 Å². The number of para-hydroxylation sites is 2. The molecule has 4 N–H and O–H groups in total. The molecule has 0 saturated heterocycles. The Morgan fingerprint density at radius 3 is 2.17 bits per heavy atom. The number of anilines is 3. The van der Waals surface area contributed by atoms with Crippen LogP contribution in [0.1, 0.15) is 29.8 Å². The summed E-state index contributed by atoms with van der Waals surface area (Å²) in [6.45, 7) is 2.95. The monoisotopic (exact) mass is 444 g/mol. The van der Waals surface area contributed by atoms with Crippen LogP contribution >= 0.6 is 23.2 Å². The van der Waals surface area contributed by atoms with E-state index in [1.807, 2.05) is 24.3 Å². The van der Waals surface area contributed by atoms with Crippen LogP contribution in [0.15, 0.2) is 60.7 Å². The molecule has 0 aliphatic heterocycles.